The third-order valence-electron chi connectivity index (χ3n) is 7.63. The predicted molar refractivity (Wildman–Crippen MR) is 152 cm³/mol. The number of hydrogen-bond acceptors (Lipinski definition) is 7. The second kappa shape index (κ2) is 17.0. The summed E-state index contributed by atoms with van der Waals surface area (Å²) in [6, 6.07) is 0. The summed E-state index contributed by atoms with van der Waals surface area (Å²) in [4.78, 5) is 12.5. The van der Waals surface area contributed by atoms with E-state index in [0.717, 1.165) is 43.5 Å². The lowest BCUT2D eigenvalue weighted by Gasteiger charge is -2.47. The lowest BCUT2D eigenvalue weighted by Crippen LogP contribution is -2.62. The summed E-state index contributed by atoms with van der Waals surface area (Å²) in [7, 11) is 2.13. The van der Waals surface area contributed by atoms with Crippen molar-refractivity contribution in [2.45, 2.75) is 123 Å². The molecule has 0 bridgehead atoms. The molecule has 0 radical (unpaired) electrons. The number of ether oxygens (including phenoxy) is 3. The Bertz CT molecular complexity index is 811. The summed E-state index contributed by atoms with van der Waals surface area (Å²) in [5, 5.41) is 0. The van der Waals surface area contributed by atoms with Gasteiger partial charge in [-0.05, 0) is 12.8 Å². The van der Waals surface area contributed by atoms with Gasteiger partial charge in [0.15, 0.2) is 0 Å². The molecular formula is C29H52N3O4S+. The Balaban J connectivity index is 1.77. The number of carbonyl (C=O) groups excluding carboxylic acids is 1. The van der Waals surface area contributed by atoms with Crippen LogP contribution in [0, 0.1) is 0 Å². The first-order chi connectivity index (χ1) is 17.8. The van der Waals surface area contributed by atoms with Crippen LogP contribution in [0.15, 0.2) is 6.08 Å². The molecule has 212 valence electrons. The van der Waals surface area contributed by atoms with E-state index in [2.05, 4.69) is 35.7 Å². The standard InChI is InChI=1S/C29H52N3O4S/c1-6-8-10-12-13-14-15-16-18-23-35-28(33)36-29(3,4)32(5)21-19-20-25(24-32)26-27(31-37-30-26)34-22-17-11-9-7-2/h20H,6-19,21-24H2,1-5H3/q+1. The number of rotatable bonds is 19. The molecule has 1 aliphatic heterocycles. The van der Waals surface area contributed by atoms with Gasteiger partial charge in [0.05, 0.1) is 38.5 Å². The Labute approximate surface area is 229 Å². The van der Waals surface area contributed by atoms with Gasteiger partial charge >= 0.3 is 6.16 Å². The first kappa shape index (κ1) is 31.5. The lowest BCUT2D eigenvalue weighted by molar-refractivity contribution is -0.971. The third kappa shape index (κ3) is 10.9. The van der Waals surface area contributed by atoms with Crippen molar-refractivity contribution in [2.24, 2.45) is 0 Å². The predicted octanol–water partition coefficient (Wildman–Crippen LogP) is 8.15. The Morgan fingerprint density at radius 3 is 2.19 bits per heavy atom. The largest absolute Gasteiger partial charge is 0.512 e. The van der Waals surface area contributed by atoms with Gasteiger partial charge in [0.1, 0.15) is 12.2 Å². The number of unbranched alkanes of at least 4 members (excludes halogenated alkanes) is 11. The van der Waals surface area contributed by atoms with Gasteiger partial charge in [-0.1, -0.05) is 90.6 Å². The highest BCUT2D eigenvalue weighted by Crippen LogP contribution is 2.35. The second-order valence-electron chi connectivity index (χ2n) is 11.1. The topological polar surface area (TPSA) is 70.5 Å². The van der Waals surface area contributed by atoms with E-state index in [4.69, 9.17) is 14.2 Å². The fourth-order valence-electron chi connectivity index (χ4n) is 4.76. The van der Waals surface area contributed by atoms with E-state index in [1.807, 2.05) is 13.8 Å². The van der Waals surface area contributed by atoms with E-state index < -0.39 is 11.9 Å². The molecule has 1 atom stereocenters. The molecule has 0 saturated heterocycles. The van der Waals surface area contributed by atoms with Crippen LogP contribution in [0.4, 0.5) is 4.79 Å². The quantitative estimate of drug-likeness (QED) is 0.101. The first-order valence-corrected chi connectivity index (χ1v) is 15.4. The monoisotopic (exact) mass is 538 g/mol. The van der Waals surface area contributed by atoms with Gasteiger partial charge in [-0.25, -0.2) is 4.79 Å². The van der Waals surface area contributed by atoms with Crippen molar-refractivity contribution in [2.75, 3.05) is 33.4 Å². The SMILES string of the molecule is CCCCCCCCCCCOC(=O)OC(C)(C)[N+]1(C)CCC=C(c2nsnc2OCCCCCC)C1. The maximum atomic E-state index is 12.5. The minimum absolute atomic E-state index is 0.420. The minimum atomic E-state index is -0.736. The van der Waals surface area contributed by atoms with Crippen LogP contribution < -0.4 is 4.74 Å². The van der Waals surface area contributed by atoms with Crippen molar-refractivity contribution in [1.29, 1.82) is 0 Å². The van der Waals surface area contributed by atoms with Crippen LogP contribution in [0.3, 0.4) is 0 Å². The number of aromatic nitrogens is 2. The Hall–Kier alpha value is -1.67. The molecule has 0 spiro atoms. The Kier molecular flexibility index (Phi) is 14.5. The van der Waals surface area contributed by atoms with Crippen molar-refractivity contribution in [3.8, 4) is 5.88 Å². The number of quaternary nitrogens is 1. The van der Waals surface area contributed by atoms with Crippen molar-refractivity contribution >= 4 is 23.5 Å². The molecule has 0 aliphatic carbocycles. The first-order valence-electron chi connectivity index (χ1n) is 14.7. The van der Waals surface area contributed by atoms with Gasteiger partial charge in [0.25, 0.3) is 5.88 Å². The number of nitrogens with zero attached hydrogens (tertiary/aromatic N) is 3. The van der Waals surface area contributed by atoms with Crippen LogP contribution in [0.25, 0.3) is 5.57 Å². The van der Waals surface area contributed by atoms with Gasteiger partial charge in [0.2, 0.25) is 5.72 Å². The van der Waals surface area contributed by atoms with Crippen molar-refractivity contribution in [1.82, 2.24) is 8.75 Å². The van der Waals surface area contributed by atoms with Crippen molar-refractivity contribution < 1.29 is 23.5 Å². The number of hydrogen-bond donors (Lipinski definition) is 0. The van der Waals surface area contributed by atoms with E-state index in [1.54, 1.807) is 0 Å². The van der Waals surface area contributed by atoms with Crippen LogP contribution in [0.2, 0.25) is 0 Å². The van der Waals surface area contributed by atoms with Crippen LogP contribution in [-0.4, -0.2) is 58.5 Å². The zero-order valence-corrected chi connectivity index (χ0v) is 25.0. The summed E-state index contributed by atoms with van der Waals surface area (Å²) in [6.45, 7) is 11.0. The van der Waals surface area contributed by atoms with E-state index in [9.17, 15) is 4.79 Å². The molecule has 0 fully saturated rings. The van der Waals surface area contributed by atoms with E-state index in [0.29, 0.717) is 30.1 Å². The maximum absolute atomic E-state index is 12.5. The van der Waals surface area contributed by atoms with Crippen LogP contribution in [0.5, 0.6) is 5.88 Å². The summed E-state index contributed by atoms with van der Waals surface area (Å²) in [5.74, 6) is 0.625. The molecule has 0 aromatic carbocycles. The molecule has 7 nitrogen and oxygen atoms in total. The summed E-state index contributed by atoms with van der Waals surface area (Å²) in [6.07, 6.45) is 18.2. The summed E-state index contributed by atoms with van der Waals surface area (Å²) >= 11 is 1.19. The van der Waals surface area contributed by atoms with Crippen LogP contribution in [0.1, 0.15) is 123 Å². The third-order valence-corrected chi connectivity index (χ3v) is 8.14. The highest BCUT2D eigenvalue weighted by atomic mass is 32.1. The summed E-state index contributed by atoms with van der Waals surface area (Å²) < 4.78 is 26.8. The molecule has 8 heteroatoms. The normalized spacial score (nSPS) is 17.9. The highest BCUT2D eigenvalue weighted by molar-refractivity contribution is 6.99. The van der Waals surface area contributed by atoms with Crippen molar-refractivity contribution in [3.63, 3.8) is 0 Å². The van der Waals surface area contributed by atoms with Crippen LogP contribution in [-0.2, 0) is 9.47 Å². The smallest absolute Gasteiger partial charge is 0.475 e. The molecule has 0 N–H and O–H groups in total. The average molecular weight is 539 g/mol. The molecule has 37 heavy (non-hydrogen) atoms. The van der Waals surface area contributed by atoms with Crippen molar-refractivity contribution in [3.05, 3.63) is 11.8 Å². The zero-order chi connectivity index (χ0) is 27.0. The molecule has 2 rings (SSSR count). The molecular weight excluding hydrogens is 486 g/mol. The minimum Gasteiger partial charge on any atom is -0.475 e. The second-order valence-corrected chi connectivity index (χ2v) is 11.6. The Morgan fingerprint density at radius 1 is 0.919 bits per heavy atom. The molecule has 1 aliphatic rings. The fraction of sp³-hybridized carbons (Fsp3) is 0.828. The van der Waals surface area contributed by atoms with E-state index >= 15 is 0 Å². The molecule has 1 unspecified atom stereocenters. The van der Waals surface area contributed by atoms with Gasteiger partial charge in [-0.3, -0.25) is 4.48 Å². The molecule has 2 heterocycles. The van der Waals surface area contributed by atoms with E-state index in [1.165, 1.54) is 75.9 Å². The Morgan fingerprint density at radius 2 is 1.51 bits per heavy atom. The van der Waals surface area contributed by atoms with Gasteiger partial charge in [-0.15, -0.1) is 4.37 Å². The van der Waals surface area contributed by atoms with Crippen LogP contribution >= 0.6 is 11.7 Å². The number of likely N-dealkylation sites (N-methyl/N-ethyl adjacent to an activating group) is 1. The van der Waals surface area contributed by atoms with Gasteiger partial charge in [0, 0.05) is 25.8 Å². The molecule has 1 aromatic heterocycles. The molecule has 0 saturated carbocycles. The highest BCUT2D eigenvalue weighted by Gasteiger charge is 2.46. The van der Waals surface area contributed by atoms with E-state index in [-0.39, 0.29) is 0 Å². The molecule has 0 amide bonds. The molecule has 1 aromatic rings. The van der Waals surface area contributed by atoms with Gasteiger partial charge < -0.3 is 14.2 Å². The number of carbonyl (C=O) groups is 1. The average Bonchev–Trinajstić information content (AvgIpc) is 3.33. The fourth-order valence-corrected chi connectivity index (χ4v) is 5.29. The zero-order valence-electron chi connectivity index (χ0n) is 24.2. The summed E-state index contributed by atoms with van der Waals surface area (Å²) in [5.41, 5.74) is 1.19. The maximum Gasteiger partial charge on any atom is 0.512 e. The lowest BCUT2D eigenvalue weighted by atomic mass is 10.0. The van der Waals surface area contributed by atoms with Gasteiger partial charge in [-0.2, -0.15) is 4.37 Å².